The second-order valence-corrected chi connectivity index (χ2v) is 7.45. The average Bonchev–Trinajstić information content (AvgIpc) is 2.95. The highest BCUT2D eigenvalue weighted by Gasteiger charge is 2.18. The third kappa shape index (κ3) is 2.08. The monoisotopic (exact) mass is 401 g/mol. The fourth-order valence-corrected chi connectivity index (χ4v) is 5.25. The summed E-state index contributed by atoms with van der Waals surface area (Å²) in [6, 6.07) is 8.23. The van der Waals surface area contributed by atoms with Crippen LogP contribution in [0.2, 0.25) is 0 Å². The highest BCUT2D eigenvalue weighted by molar-refractivity contribution is 9.11. The van der Waals surface area contributed by atoms with E-state index < -0.39 is 0 Å². The summed E-state index contributed by atoms with van der Waals surface area (Å²) in [6.45, 7) is 0. The Hall–Kier alpha value is -0.200. The van der Waals surface area contributed by atoms with E-state index in [-0.39, 0.29) is 6.04 Å². The molecule has 0 aliphatic rings. The van der Waals surface area contributed by atoms with Crippen LogP contribution >= 0.6 is 54.5 Å². The molecular formula is C13H9Br2NS2. The highest BCUT2D eigenvalue weighted by atomic mass is 79.9. The van der Waals surface area contributed by atoms with Gasteiger partial charge < -0.3 is 5.73 Å². The molecule has 0 radical (unpaired) electrons. The minimum atomic E-state index is -0.0672. The van der Waals surface area contributed by atoms with E-state index in [4.69, 9.17) is 5.73 Å². The second-order valence-electron chi connectivity index (χ2n) is 3.92. The molecule has 1 atom stereocenters. The third-order valence-corrected chi connectivity index (χ3v) is 6.77. The van der Waals surface area contributed by atoms with Crippen LogP contribution in [0.1, 0.15) is 16.5 Å². The molecule has 1 aromatic carbocycles. The largest absolute Gasteiger partial charge is 0.320 e. The quantitative estimate of drug-likeness (QED) is 0.598. The van der Waals surface area contributed by atoms with Crippen LogP contribution in [0.15, 0.2) is 44.0 Å². The molecule has 0 aliphatic carbocycles. The van der Waals surface area contributed by atoms with Gasteiger partial charge in [0.15, 0.2) is 0 Å². The molecule has 1 unspecified atom stereocenters. The zero-order valence-electron chi connectivity index (χ0n) is 9.19. The molecule has 0 fully saturated rings. The van der Waals surface area contributed by atoms with Crippen molar-refractivity contribution in [3.63, 3.8) is 0 Å². The minimum Gasteiger partial charge on any atom is -0.320 e. The molecule has 0 spiro atoms. The van der Waals surface area contributed by atoms with Crippen LogP contribution in [0.5, 0.6) is 0 Å². The van der Waals surface area contributed by atoms with Crippen LogP contribution in [0, 0.1) is 0 Å². The summed E-state index contributed by atoms with van der Waals surface area (Å²) in [4.78, 5) is 1.18. The number of nitrogens with two attached hydrogens (primary N) is 1. The maximum atomic E-state index is 6.39. The van der Waals surface area contributed by atoms with E-state index in [2.05, 4.69) is 60.8 Å². The first-order valence-electron chi connectivity index (χ1n) is 5.32. The molecule has 2 heterocycles. The zero-order chi connectivity index (χ0) is 12.7. The van der Waals surface area contributed by atoms with Gasteiger partial charge in [-0.3, -0.25) is 0 Å². The van der Waals surface area contributed by atoms with Gasteiger partial charge in [0.25, 0.3) is 0 Å². The molecule has 18 heavy (non-hydrogen) atoms. The summed E-state index contributed by atoms with van der Waals surface area (Å²) in [7, 11) is 0. The molecule has 2 aromatic heterocycles. The maximum absolute atomic E-state index is 6.39. The molecular weight excluding hydrogens is 394 g/mol. The Kier molecular flexibility index (Phi) is 3.60. The van der Waals surface area contributed by atoms with Crippen molar-refractivity contribution >= 4 is 64.6 Å². The summed E-state index contributed by atoms with van der Waals surface area (Å²) in [5.41, 5.74) is 7.59. The van der Waals surface area contributed by atoms with Crippen LogP contribution in [-0.4, -0.2) is 0 Å². The van der Waals surface area contributed by atoms with Crippen LogP contribution in [-0.2, 0) is 0 Å². The lowest BCUT2D eigenvalue weighted by Crippen LogP contribution is -2.09. The summed E-state index contributed by atoms with van der Waals surface area (Å²) >= 11 is 10.6. The van der Waals surface area contributed by atoms with E-state index in [1.165, 1.54) is 20.5 Å². The van der Waals surface area contributed by atoms with Crippen molar-refractivity contribution in [1.82, 2.24) is 0 Å². The smallest absolute Gasteiger partial charge is 0.0671 e. The van der Waals surface area contributed by atoms with Crippen molar-refractivity contribution in [2.24, 2.45) is 5.73 Å². The fraction of sp³-hybridized carbons (Fsp3) is 0.0769. The number of thiophene rings is 2. The van der Waals surface area contributed by atoms with E-state index >= 15 is 0 Å². The number of hydrogen-bond acceptors (Lipinski definition) is 3. The first-order valence-corrected chi connectivity index (χ1v) is 8.67. The molecule has 0 saturated heterocycles. The predicted molar refractivity (Wildman–Crippen MR) is 87.6 cm³/mol. The number of benzene rings is 1. The number of halogens is 2. The Morgan fingerprint density at radius 3 is 2.61 bits per heavy atom. The Labute approximate surface area is 130 Å². The summed E-state index contributed by atoms with van der Waals surface area (Å²) in [6.07, 6.45) is 0. The second kappa shape index (κ2) is 5.06. The van der Waals surface area contributed by atoms with Gasteiger partial charge in [0.1, 0.15) is 0 Å². The Balaban J connectivity index is 2.16. The van der Waals surface area contributed by atoms with Crippen molar-refractivity contribution in [3.8, 4) is 0 Å². The topological polar surface area (TPSA) is 26.0 Å². The number of hydrogen-bond donors (Lipinski definition) is 1. The Bertz CT molecular complexity index is 702. The Morgan fingerprint density at radius 1 is 1.06 bits per heavy atom. The SMILES string of the molecule is NC(c1sccc1Br)c1csc2c(Br)cccc12. The summed E-state index contributed by atoms with van der Waals surface area (Å²) in [5, 5.41) is 5.46. The molecule has 0 aliphatic heterocycles. The van der Waals surface area contributed by atoms with Crippen molar-refractivity contribution < 1.29 is 0 Å². The first-order chi connectivity index (χ1) is 8.68. The van der Waals surface area contributed by atoms with Crippen molar-refractivity contribution in [1.29, 1.82) is 0 Å². The van der Waals surface area contributed by atoms with Gasteiger partial charge in [-0.05, 0) is 65.7 Å². The van der Waals surface area contributed by atoms with Crippen molar-refractivity contribution in [2.75, 3.05) is 0 Å². The van der Waals surface area contributed by atoms with Gasteiger partial charge in [-0.25, -0.2) is 0 Å². The van der Waals surface area contributed by atoms with E-state index in [9.17, 15) is 0 Å². The molecule has 5 heteroatoms. The molecule has 0 bridgehead atoms. The highest BCUT2D eigenvalue weighted by Crippen LogP contribution is 2.39. The summed E-state index contributed by atoms with van der Waals surface area (Å²) < 4.78 is 3.48. The van der Waals surface area contributed by atoms with Crippen LogP contribution in [0.25, 0.3) is 10.1 Å². The average molecular weight is 403 g/mol. The lowest BCUT2D eigenvalue weighted by molar-refractivity contribution is 0.903. The predicted octanol–water partition coefficient (Wildman–Crippen LogP) is 5.54. The van der Waals surface area contributed by atoms with Gasteiger partial charge >= 0.3 is 0 Å². The Morgan fingerprint density at radius 2 is 1.89 bits per heavy atom. The molecule has 92 valence electrons. The zero-order valence-corrected chi connectivity index (χ0v) is 14.0. The standard InChI is InChI=1S/C13H9Br2NS2/c14-9-3-1-2-7-8(6-18-12(7)9)11(16)13-10(15)4-5-17-13/h1-6,11H,16H2. The minimum absolute atomic E-state index is 0.0672. The van der Waals surface area contributed by atoms with E-state index in [1.54, 1.807) is 22.7 Å². The molecule has 2 N–H and O–H groups in total. The van der Waals surface area contributed by atoms with Gasteiger partial charge in [0, 0.05) is 18.5 Å². The van der Waals surface area contributed by atoms with Crippen LogP contribution in [0.3, 0.4) is 0 Å². The van der Waals surface area contributed by atoms with Crippen molar-refractivity contribution in [2.45, 2.75) is 6.04 Å². The molecule has 3 rings (SSSR count). The van der Waals surface area contributed by atoms with E-state index in [0.717, 1.165) is 8.95 Å². The lowest BCUT2D eigenvalue weighted by atomic mass is 10.1. The van der Waals surface area contributed by atoms with Crippen LogP contribution < -0.4 is 5.73 Å². The molecule has 1 nitrogen and oxygen atoms in total. The van der Waals surface area contributed by atoms with Gasteiger partial charge in [0.05, 0.1) is 6.04 Å². The number of fused-ring (bicyclic) bond motifs is 1. The van der Waals surface area contributed by atoms with Gasteiger partial charge in [-0.1, -0.05) is 12.1 Å². The van der Waals surface area contributed by atoms with Crippen LogP contribution in [0.4, 0.5) is 0 Å². The molecule has 3 aromatic rings. The molecule has 0 saturated carbocycles. The third-order valence-electron chi connectivity index (χ3n) is 2.84. The normalized spacial score (nSPS) is 13.1. The number of rotatable bonds is 2. The molecule has 0 amide bonds. The van der Waals surface area contributed by atoms with Gasteiger partial charge in [-0.2, -0.15) is 0 Å². The van der Waals surface area contributed by atoms with Gasteiger partial charge in [-0.15, -0.1) is 22.7 Å². The summed E-state index contributed by atoms with van der Waals surface area (Å²) in [5.74, 6) is 0. The van der Waals surface area contributed by atoms with E-state index in [0.29, 0.717) is 0 Å². The van der Waals surface area contributed by atoms with E-state index in [1.807, 2.05) is 6.07 Å². The maximum Gasteiger partial charge on any atom is 0.0671 e. The lowest BCUT2D eigenvalue weighted by Gasteiger charge is -2.10. The first kappa shape index (κ1) is 12.8. The fourth-order valence-electron chi connectivity index (χ4n) is 1.95. The van der Waals surface area contributed by atoms with Gasteiger partial charge in [0.2, 0.25) is 0 Å². The van der Waals surface area contributed by atoms with Crippen molar-refractivity contribution in [3.05, 3.63) is 54.4 Å².